The van der Waals surface area contributed by atoms with Gasteiger partial charge in [-0.15, -0.1) is 0 Å². The Morgan fingerprint density at radius 1 is 1.06 bits per heavy atom. The molecule has 31 heavy (non-hydrogen) atoms. The molecule has 5 rings (SSSR count). The van der Waals surface area contributed by atoms with E-state index in [4.69, 9.17) is 0 Å². The Labute approximate surface area is 181 Å². The highest BCUT2D eigenvalue weighted by atomic mass is 19.1. The van der Waals surface area contributed by atoms with E-state index in [0.717, 1.165) is 38.0 Å². The number of hydrogen-bond acceptors (Lipinski definition) is 4. The number of halogens is 1. The molecule has 0 spiro atoms. The van der Waals surface area contributed by atoms with Crippen LogP contribution in [0.15, 0.2) is 60.7 Å². The molecule has 7 heteroatoms. The van der Waals surface area contributed by atoms with Crippen molar-refractivity contribution in [2.75, 3.05) is 19.6 Å². The van der Waals surface area contributed by atoms with Crippen LogP contribution in [0.2, 0.25) is 0 Å². The van der Waals surface area contributed by atoms with Crippen LogP contribution in [-0.2, 0) is 6.54 Å². The normalized spacial score (nSPS) is 19.8. The van der Waals surface area contributed by atoms with E-state index in [-0.39, 0.29) is 17.9 Å². The van der Waals surface area contributed by atoms with Crippen molar-refractivity contribution in [3.05, 3.63) is 77.7 Å². The van der Waals surface area contributed by atoms with E-state index >= 15 is 0 Å². The molecule has 1 atom stereocenters. The van der Waals surface area contributed by atoms with Crippen LogP contribution in [0, 0.1) is 5.82 Å². The molecule has 0 saturated carbocycles. The largest absolute Gasteiger partial charge is 0.347 e. The SMILES string of the molecule is O=C1NCC(NC2CCN(Cc3ccccc3)CC2)n2nc(-c3ccc(F)cc3)cc21. The molecule has 1 unspecified atom stereocenters. The lowest BCUT2D eigenvalue weighted by molar-refractivity contribution is 0.0887. The number of likely N-dealkylation sites (tertiary alicyclic amines) is 1. The highest BCUT2D eigenvalue weighted by Crippen LogP contribution is 2.24. The molecule has 0 bridgehead atoms. The first-order valence-electron chi connectivity index (χ1n) is 10.8. The predicted molar refractivity (Wildman–Crippen MR) is 117 cm³/mol. The fourth-order valence-electron chi connectivity index (χ4n) is 4.43. The zero-order valence-corrected chi connectivity index (χ0v) is 17.3. The summed E-state index contributed by atoms with van der Waals surface area (Å²) >= 11 is 0. The molecule has 0 aliphatic carbocycles. The monoisotopic (exact) mass is 419 g/mol. The summed E-state index contributed by atoms with van der Waals surface area (Å²) in [4.78, 5) is 14.9. The Hall–Kier alpha value is -3.03. The lowest BCUT2D eigenvalue weighted by atomic mass is 10.0. The van der Waals surface area contributed by atoms with Gasteiger partial charge in [-0.1, -0.05) is 30.3 Å². The van der Waals surface area contributed by atoms with Crippen LogP contribution < -0.4 is 10.6 Å². The second-order valence-electron chi connectivity index (χ2n) is 8.29. The van der Waals surface area contributed by atoms with Gasteiger partial charge in [0.2, 0.25) is 0 Å². The van der Waals surface area contributed by atoms with Crippen LogP contribution in [0.5, 0.6) is 0 Å². The quantitative estimate of drug-likeness (QED) is 0.667. The summed E-state index contributed by atoms with van der Waals surface area (Å²) in [6.07, 6.45) is 2.02. The summed E-state index contributed by atoms with van der Waals surface area (Å²) in [6, 6.07) is 18.9. The van der Waals surface area contributed by atoms with Crippen LogP contribution in [-0.4, -0.2) is 46.3 Å². The number of benzene rings is 2. The Balaban J connectivity index is 1.25. The first-order chi connectivity index (χ1) is 15.2. The second kappa shape index (κ2) is 8.61. The molecular weight excluding hydrogens is 393 g/mol. The van der Waals surface area contributed by atoms with E-state index < -0.39 is 0 Å². The molecule has 1 fully saturated rings. The van der Waals surface area contributed by atoms with Crippen LogP contribution in [0.1, 0.15) is 35.1 Å². The highest BCUT2D eigenvalue weighted by Gasteiger charge is 2.30. The average molecular weight is 420 g/mol. The molecule has 2 aliphatic heterocycles. The van der Waals surface area contributed by atoms with Gasteiger partial charge in [-0.05, 0) is 61.8 Å². The number of aromatic nitrogens is 2. The molecule has 1 saturated heterocycles. The van der Waals surface area contributed by atoms with Crippen molar-refractivity contribution in [3.63, 3.8) is 0 Å². The van der Waals surface area contributed by atoms with Gasteiger partial charge in [0, 0.05) is 18.2 Å². The fourth-order valence-corrected chi connectivity index (χ4v) is 4.43. The number of piperidine rings is 1. The first kappa shape index (κ1) is 19.9. The van der Waals surface area contributed by atoms with Crippen molar-refractivity contribution in [1.82, 2.24) is 25.3 Å². The molecule has 3 heterocycles. The van der Waals surface area contributed by atoms with Crippen molar-refractivity contribution in [1.29, 1.82) is 0 Å². The molecule has 3 aromatic rings. The van der Waals surface area contributed by atoms with E-state index in [0.29, 0.717) is 24.0 Å². The third kappa shape index (κ3) is 4.38. The van der Waals surface area contributed by atoms with E-state index in [1.54, 1.807) is 22.9 Å². The van der Waals surface area contributed by atoms with E-state index in [1.165, 1.54) is 17.7 Å². The van der Waals surface area contributed by atoms with Crippen LogP contribution >= 0.6 is 0 Å². The second-order valence-corrected chi connectivity index (χ2v) is 8.29. The first-order valence-corrected chi connectivity index (χ1v) is 10.8. The van der Waals surface area contributed by atoms with Gasteiger partial charge in [0.15, 0.2) is 0 Å². The van der Waals surface area contributed by atoms with Gasteiger partial charge in [-0.2, -0.15) is 5.10 Å². The molecule has 2 N–H and O–H groups in total. The minimum atomic E-state index is -0.288. The number of fused-ring (bicyclic) bond motifs is 1. The molecule has 6 nitrogen and oxygen atoms in total. The van der Waals surface area contributed by atoms with Crippen molar-refractivity contribution in [2.45, 2.75) is 31.6 Å². The van der Waals surface area contributed by atoms with Crippen LogP contribution in [0.25, 0.3) is 11.3 Å². The lowest BCUT2D eigenvalue weighted by Crippen LogP contribution is -2.50. The summed E-state index contributed by atoms with van der Waals surface area (Å²) in [5.41, 5.74) is 3.35. The number of nitrogens with zero attached hydrogens (tertiary/aromatic N) is 3. The number of amides is 1. The van der Waals surface area contributed by atoms with Gasteiger partial charge in [0.25, 0.3) is 5.91 Å². The number of rotatable bonds is 5. The highest BCUT2D eigenvalue weighted by molar-refractivity contribution is 5.94. The summed E-state index contributed by atoms with van der Waals surface area (Å²) in [7, 11) is 0. The van der Waals surface area contributed by atoms with Crippen molar-refractivity contribution in [2.24, 2.45) is 0 Å². The number of carbonyl (C=O) groups is 1. The smallest absolute Gasteiger partial charge is 0.269 e. The summed E-state index contributed by atoms with van der Waals surface area (Å²) in [5.74, 6) is -0.416. The molecule has 1 amide bonds. The molecule has 160 valence electrons. The van der Waals surface area contributed by atoms with Crippen LogP contribution in [0.3, 0.4) is 0 Å². The zero-order chi connectivity index (χ0) is 21.2. The fraction of sp³-hybridized carbons (Fsp3) is 0.333. The molecule has 2 aliphatic rings. The maximum atomic E-state index is 13.3. The Kier molecular flexibility index (Phi) is 5.53. The molecule has 0 radical (unpaired) electrons. The molecule has 1 aromatic heterocycles. The Morgan fingerprint density at radius 3 is 2.55 bits per heavy atom. The van der Waals surface area contributed by atoms with Gasteiger partial charge in [0.1, 0.15) is 17.7 Å². The van der Waals surface area contributed by atoms with Gasteiger partial charge in [-0.25, -0.2) is 9.07 Å². The summed E-state index contributed by atoms with van der Waals surface area (Å²) in [6.45, 7) is 3.56. The van der Waals surface area contributed by atoms with Crippen molar-refractivity contribution < 1.29 is 9.18 Å². The minimum Gasteiger partial charge on any atom is -0.347 e. The maximum absolute atomic E-state index is 13.3. The van der Waals surface area contributed by atoms with E-state index in [1.807, 2.05) is 6.07 Å². The topological polar surface area (TPSA) is 62.2 Å². The van der Waals surface area contributed by atoms with E-state index in [9.17, 15) is 9.18 Å². The third-order valence-corrected chi connectivity index (χ3v) is 6.12. The van der Waals surface area contributed by atoms with Crippen LogP contribution in [0.4, 0.5) is 4.39 Å². The minimum absolute atomic E-state index is 0.0902. The van der Waals surface area contributed by atoms with E-state index in [2.05, 4.69) is 44.9 Å². The lowest BCUT2D eigenvalue weighted by Gasteiger charge is -2.36. The summed E-state index contributed by atoms with van der Waals surface area (Å²) < 4.78 is 15.0. The van der Waals surface area contributed by atoms with Crippen molar-refractivity contribution >= 4 is 5.91 Å². The average Bonchev–Trinajstić information content (AvgIpc) is 3.25. The Bertz CT molecular complexity index is 1040. The van der Waals surface area contributed by atoms with Gasteiger partial charge in [0.05, 0.1) is 12.2 Å². The summed E-state index contributed by atoms with van der Waals surface area (Å²) in [5, 5.41) is 11.3. The maximum Gasteiger partial charge on any atom is 0.269 e. The predicted octanol–water partition coefficient (Wildman–Crippen LogP) is 3.19. The zero-order valence-electron chi connectivity index (χ0n) is 17.3. The third-order valence-electron chi connectivity index (χ3n) is 6.12. The van der Waals surface area contributed by atoms with Gasteiger partial charge >= 0.3 is 0 Å². The Morgan fingerprint density at radius 2 is 1.81 bits per heavy atom. The van der Waals surface area contributed by atoms with Gasteiger partial charge in [-0.3, -0.25) is 15.0 Å². The number of carbonyl (C=O) groups excluding carboxylic acids is 1. The van der Waals surface area contributed by atoms with Gasteiger partial charge < -0.3 is 5.32 Å². The standard InChI is InChI=1S/C24H26FN5O/c25-19-8-6-18(7-9-19)21-14-22-24(31)26-15-23(30(22)28-21)27-20-10-12-29(13-11-20)16-17-4-2-1-3-5-17/h1-9,14,20,23,27H,10-13,15-16H2,(H,26,31). The molecule has 2 aromatic carbocycles. The number of nitrogens with one attached hydrogen (secondary N) is 2. The van der Waals surface area contributed by atoms with Crippen molar-refractivity contribution in [3.8, 4) is 11.3 Å². The molecular formula is C24H26FN5O. The number of hydrogen-bond donors (Lipinski definition) is 2.